The van der Waals surface area contributed by atoms with Crippen LogP contribution in [0.1, 0.15) is 38.1 Å². The number of carbonyl (C=O) groups excluding carboxylic acids is 1. The first-order valence-electron chi connectivity index (χ1n) is 8.58. The third-order valence-electron chi connectivity index (χ3n) is 3.25. The predicted molar refractivity (Wildman–Crippen MR) is 114 cm³/mol. The van der Waals surface area contributed by atoms with E-state index in [1.54, 1.807) is 6.92 Å². The fourth-order valence-corrected chi connectivity index (χ4v) is 2.48. The van der Waals surface area contributed by atoms with Gasteiger partial charge in [0.05, 0.1) is 0 Å². The summed E-state index contributed by atoms with van der Waals surface area (Å²) >= 11 is 3.44. The first-order valence-corrected chi connectivity index (χ1v) is 9.37. The van der Waals surface area contributed by atoms with Crippen LogP contribution in [0, 0.1) is 0 Å². The lowest BCUT2D eigenvalue weighted by Gasteiger charge is -2.09. The van der Waals surface area contributed by atoms with E-state index in [0.29, 0.717) is 0 Å². The van der Waals surface area contributed by atoms with Crippen molar-refractivity contribution >= 4 is 21.7 Å². The van der Waals surface area contributed by atoms with Gasteiger partial charge in [0.1, 0.15) is 0 Å². The molecule has 0 aromatic heterocycles. The number of halogens is 1. The number of ketones is 1. The van der Waals surface area contributed by atoms with Gasteiger partial charge >= 0.3 is 0 Å². The van der Waals surface area contributed by atoms with Crippen LogP contribution in [0.3, 0.4) is 0 Å². The SMILES string of the molecule is C=C.CC(=O)c1ccc(-c2cccc(Br)c2)cc1.CCOC(C)OCC. The molecule has 2 aromatic carbocycles. The fourth-order valence-electron chi connectivity index (χ4n) is 2.08. The summed E-state index contributed by atoms with van der Waals surface area (Å²) in [6, 6.07) is 15.8. The molecule has 2 rings (SSSR count). The van der Waals surface area contributed by atoms with Crippen LogP contribution in [0.5, 0.6) is 0 Å². The summed E-state index contributed by atoms with van der Waals surface area (Å²) in [5.74, 6) is 0.0980. The molecule has 0 bridgehead atoms. The highest BCUT2D eigenvalue weighted by Crippen LogP contribution is 2.23. The van der Waals surface area contributed by atoms with Crippen LogP contribution in [0.15, 0.2) is 66.2 Å². The Hall–Kier alpha value is -1.75. The van der Waals surface area contributed by atoms with Crippen molar-refractivity contribution in [2.45, 2.75) is 34.0 Å². The van der Waals surface area contributed by atoms with Crippen molar-refractivity contribution < 1.29 is 14.3 Å². The quantitative estimate of drug-likeness (QED) is 0.302. The largest absolute Gasteiger partial charge is 0.353 e. The molecule has 0 aliphatic carbocycles. The third-order valence-corrected chi connectivity index (χ3v) is 3.75. The first kappa shape index (κ1) is 24.2. The molecule has 0 heterocycles. The van der Waals surface area contributed by atoms with E-state index in [1.165, 1.54) is 0 Å². The molecule has 0 atom stereocenters. The molecule has 0 aliphatic heterocycles. The summed E-state index contributed by atoms with van der Waals surface area (Å²) in [7, 11) is 0. The molecule has 0 aliphatic rings. The number of benzene rings is 2. The van der Waals surface area contributed by atoms with E-state index in [2.05, 4.69) is 35.2 Å². The Balaban J connectivity index is 0.000000533. The molecular formula is C22H29BrO3. The van der Waals surface area contributed by atoms with E-state index < -0.39 is 0 Å². The summed E-state index contributed by atoms with van der Waals surface area (Å²) in [6.07, 6.45) is -0.0370. The molecule has 0 fully saturated rings. The summed E-state index contributed by atoms with van der Waals surface area (Å²) < 4.78 is 11.2. The average Bonchev–Trinajstić information content (AvgIpc) is 2.64. The van der Waals surface area contributed by atoms with Gasteiger partial charge in [-0.25, -0.2) is 0 Å². The van der Waals surface area contributed by atoms with Crippen molar-refractivity contribution in [3.8, 4) is 11.1 Å². The Morgan fingerprint density at radius 3 is 1.96 bits per heavy atom. The number of ether oxygens (including phenoxy) is 2. The standard InChI is InChI=1S/C14H11BrO.C6H14O2.C2H4/c1-10(16)11-5-7-12(8-6-11)13-3-2-4-14(15)9-13;1-4-7-6(3)8-5-2;1-2/h2-9H,1H3;6H,4-5H2,1-3H3;1-2H2. The number of carbonyl (C=O) groups is 1. The van der Waals surface area contributed by atoms with E-state index in [-0.39, 0.29) is 12.1 Å². The molecule has 4 heteroatoms. The monoisotopic (exact) mass is 420 g/mol. The van der Waals surface area contributed by atoms with Crippen LogP contribution in [0.4, 0.5) is 0 Å². The van der Waals surface area contributed by atoms with Crippen molar-refractivity contribution in [3.05, 3.63) is 71.7 Å². The van der Waals surface area contributed by atoms with Crippen molar-refractivity contribution in [1.29, 1.82) is 0 Å². The molecule has 0 unspecified atom stereocenters. The first-order chi connectivity index (χ1) is 12.5. The number of hydrogen-bond donors (Lipinski definition) is 0. The molecule has 0 spiro atoms. The van der Waals surface area contributed by atoms with Crippen molar-refractivity contribution in [2.75, 3.05) is 13.2 Å². The fraction of sp³-hybridized carbons (Fsp3) is 0.318. The van der Waals surface area contributed by atoms with Crippen LogP contribution in [0.25, 0.3) is 11.1 Å². The smallest absolute Gasteiger partial charge is 0.159 e. The lowest BCUT2D eigenvalue weighted by molar-refractivity contribution is -0.123. The lowest BCUT2D eigenvalue weighted by Crippen LogP contribution is -2.11. The molecule has 3 nitrogen and oxygen atoms in total. The summed E-state index contributed by atoms with van der Waals surface area (Å²) in [4.78, 5) is 11.1. The second-order valence-corrected chi connectivity index (χ2v) is 6.04. The Morgan fingerprint density at radius 1 is 1.00 bits per heavy atom. The number of rotatable bonds is 6. The zero-order chi connectivity index (χ0) is 19.9. The van der Waals surface area contributed by atoms with Crippen LogP contribution in [-0.4, -0.2) is 25.3 Å². The van der Waals surface area contributed by atoms with Crippen molar-refractivity contribution in [2.24, 2.45) is 0 Å². The molecule has 0 saturated carbocycles. The maximum absolute atomic E-state index is 11.1. The van der Waals surface area contributed by atoms with Crippen LogP contribution < -0.4 is 0 Å². The minimum atomic E-state index is -0.0370. The highest BCUT2D eigenvalue weighted by Gasteiger charge is 2.01. The molecule has 2 aromatic rings. The Bertz CT molecular complexity index is 632. The van der Waals surface area contributed by atoms with Gasteiger partial charge in [-0.3, -0.25) is 4.79 Å². The molecule has 0 radical (unpaired) electrons. The average molecular weight is 421 g/mol. The molecule has 26 heavy (non-hydrogen) atoms. The molecule has 0 amide bonds. The topological polar surface area (TPSA) is 35.5 Å². The van der Waals surface area contributed by atoms with E-state index in [9.17, 15) is 4.79 Å². The third kappa shape index (κ3) is 9.66. The molecule has 0 N–H and O–H groups in total. The van der Waals surface area contributed by atoms with Gasteiger partial charge in [0.2, 0.25) is 0 Å². The Morgan fingerprint density at radius 2 is 1.54 bits per heavy atom. The maximum atomic E-state index is 11.1. The summed E-state index contributed by atoms with van der Waals surface area (Å²) in [5.41, 5.74) is 3.01. The van der Waals surface area contributed by atoms with E-state index in [1.807, 2.05) is 63.2 Å². The molecule has 0 saturated heterocycles. The van der Waals surface area contributed by atoms with Crippen molar-refractivity contribution in [3.63, 3.8) is 0 Å². The van der Waals surface area contributed by atoms with Gasteiger partial charge in [0, 0.05) is 23.2 Å². The van der Waals surface area contributed by atoms with Crippen molar-refractivity contribution in [1.82, 2.24) is 0 Å². The normalized spacial score (nSPS) is 9.62. The Labute approximate surface area is 166 Å². The van der Waals surface area contributed by atoms with E-state index in [4.69, 9.17) is 9.47 Å². The van der Waals surface area contributed by atoms with Gasteiger partial charge in [-0.15, -0.1) is 13.2 Å². The van der Waals surface area contributed by atoms with Gasteiger partial charge in [-0.05, 0) is 51.0 Å². The van der Waals surface area contributed by atoms with E-state index >= 15 is 0 Å². The minimum absolute atomic E-state index is 0.0370. The van der Waals surface area contributed by atoms with Gasteiger partial charge in [-0.2, -0.15) is 0 Å². The highest BCUT2D eigenvalue weighted by molar-refractivity contribution is 9.10. The molecule has 142 valence electrons. The van der Waals surface area contributed by atoms with Gasteiger partial charge in [0.25, 0.3) is 0 Å². The predicted octanol–water partition coefficient (Wildman–Crippen LogP) is 6.53. The maximum Gasteiger partial charge on any atom is 0.159 e. The van der Waals surface area contributed by atoms with Gasteiger partial charge < -0.3 is 9.47 Å². The van der Waals surface area contributed by atoms with Crippen LogP contribution in [0.2, 0.25) is 0 Å². The minimum Gasteiger partial charge on any atom is -0.353 e. The number of Topliss-reactive ketones (excluding diaryl/α,β-unsaturated/α-hetero) is 1. The van der Waals surface area contributed by atoms with Gasteiger partial charge in [0.15, 0.2) is 12.1 Å². The second-order valence-electron chi connectivity index (χ2n) is 5.12. The van der Waals surface area contributed by atoms with Crippen LogP contribution >= 0.6 is 15.9 Å². The lowest BCUT2D eigenvalue weighted by atomic mass is 10.0. The zero-order valence-electron chi connectivity index (χ0n) is 16.1. The van der Waals surface area contributed by atoms with Crippen LogP contribution in [-0.2, 0) is 9.47 Å². The highest BCUT2D eigenvalue weighted by atomic mass is 79.9. The van der Waals surface area contributed by atoms with E-state index in [0.717, 1.165) is 34.4 Å². The number of hydrogen-bond acceptors (Lipinski definition) is 3. The molecular weight excluding hydrogens is 392 g/mol. The van der Waals surface area contributed by atoms with Gasteiger partial charge in [-0.1, -0.05) is 52.3 Å². The second kappa shape index (κ2) is 14.4. The Kier molecular flexibility index (Phi) is 13.5. The zero-order valence-corrected chi connectivity index (χ0v) is 17.7. The summed E-state index contributed by atoms with van der Waals surface area (Å²) in [6.45, 7) is 14.8. The summed E-state index contributed by atoms with van der Waals surface area (Å²) in [5, 5.41) is 0.